The van der Waals surface area contributed by atoms with Crippen LogP contribution in [0.1, 0.15) is 10.4 Å². The monoisotopic (exact) mass is 299 g/mol. The van der Waals surface area contributed by atoms with Crippen molar-refractivity contribution in [3.05, 3.63) is 47.1 Å². The number of hydrogen-bond acceptors (Lipinski definition) is 5. The smallest absolute Gasteiger partial charge is 0.307 e. The number of carboxylic acids is 1. The number of aromatic nitrogens is 2. The Morgan fingerprint density at radius 1 is 1.29 bits per heavy atom. The summed E-state index contributed by atoms with van der Waals surface area (Å²) >= 11 is 1.63. The normalized spacial score (nSPS) is 10.7. The lowest BCUT2D eigenvalue weighted by Crippen LogP contribution is -2.00. The molecule has 0 aliphatic carbocycles. The Morgan fingerprint density at radius 2 is 2.05 bits per heavy atom. The van der Waals surface area contributed by atoms with Crippen LogP contribution in [0.4, 0.5) is 11.5 Å². The molecule has 0 aliphatic rings. The number of carbonyl (C=O) groups is 1. The molecule has 0 unspecified atom stereocenters. The summed E-state index contributed by atoms with van der Waals surface area (Å²) in [6.07, 6.45) is 1.57. The van der Waals surface area contributed by atoms with E-state index in [1.165, 1.54) is 4.88 Å². The van der Waals surface area contributed by atoms with E-state index in [2.05, 4.69) is 21.4 Å². The molecule has 5 nitrogen and oxygen atoms in total. The summed E-state index contributed by atoms with van der Waals surface area (Å²) in [7, 11) is 0. The van der Waals surface area contributed by atoms with Gasteiger partial charge >= 0.3 is 5.97 Å². The van der Waals surface area contributed by atoms with Crippen molar-refractivity contribution in [1.29, 1.82) is 0 Å². The van der Waals surface area contributed by atoms with Gasteiger partial charge in [-0.15, -0.1) is 11.3 Å². The summed E-state index contributed by atoms with van der Waals surface area (Å²) in [5.41, 5.74) is 1.64. The standard InChI is InChI=1S/C15H13N3O2S/c1-9-6-12-14(16-8-17-15(12)21-9)18-11-4-2-10(3-5-11)7-13(19)20/h2-6,8H,7H2,1H3,(H,19,20)(H,16,17,18). The second kappa shape index (κ2) is 5.49. The fourth-order valence-corrected chi connectivity index (χ4v) is 2.94. The van der Waals surface area contributed by atoms with Gasteiger partial charge < -0.3 is 10.4 Å². The van der Waals surface area contributed by atoms with E-state index >= 15 is 0 Å². The molecule has 3 aromatic rings. The number of benzene rings is 1. The van der Waals surface area contributed by atoms with E-state index in [1.54, 1.807) is 29.8 Å². The lowest BCUT2D eigenvalue weighted by atomic mass is 10.1. The van der Waals surface area contributed by atoms with Crippen molar-refractivity contribution in [3.63, 3.8) is 0 Å². The van der Waals surface area contributed by atoms with Gasteiger partial charge in [0.1, 0.15) is 17.0 Å². The van der Waals surface area contributed by atoms with Crippen molar-refractivity contribution in [2.24, 2.45) is 0 Å². The van der Waals surface area contributed by atoms with Crippen LogP contribution in [0.2, 0.25) is 0 Å². The van der Waals surface area contributed by atoms with Crippen LogP contribution in [-0.2, 0) is 11.2 Å². The molecule has 0 saturated carbocycles. The highest BCUT2D eigenvalue weighted by Crippen LogP contribution is 2.29. The first-order chi connectivity index (χ1) is 10.1. The molecule has 21 heavy (non-hydrogen) atoms. The largest absolute Gasteiger partial charge is 0.481 e. The van der Waals surface area contributed by atoms with Gasteiger partial charge in [0.25, 0.3) is 0 Å². The summed E-state index contributed by atoms with van der Waals surface area (Å²) in [6, 6.07) is 9.36. The van der Waals surface area contributed by atoms with Crippen LogP contribution in [0.15, 0.2) is 36.7 Å². The molecular formula is C15H13N3O2S. The first-order valence-electron chi connectivity index (χ1n) is 6.41. The molecule has 2 aromatic heterocycles. The second-order valence-corrected chi connectivity index (χ2v) is 5.93. The Bertz CT molecular complexity index is 796. The molecule has 6 heteroatoms. The highest BCUT2D eigenvalue weighted by Gasteiger charge is 2.07. The van der Waals surface area contributed by atoms with E-state index in [-0.39, 0.29) is 6.42 Å². The predicted molar refractivity (Wildman–Crippen MR) is 83.2 cm³/mol. The molecule has 2 heterocycles. The molecule has 0 saturated heterocycles. The molecule has 0 amide bonds. The van der Waals surface area contributed by atoms with Crippen molar-refractivity contribution < 1.29 is 9.90 Å². The maximum atomic E-state index is 10.7. The van der Waals surface area contributed by atoms with E-state index in [0.29, 0.717) is 0 Å². The van der Waals surface area contributed by atoms with Crippen LogP contribution in [0.3, 0.4) is 0 Å². The highest BCUT2D eigenvalue weighted by molar-refractivity contribution is 7.18. The average molecular weight is 299 g/mol. The zero-order valence-electron chi connectivity index (χ0n) is 11.3. The Kier molecular flexibility index (Phi) is 3.53. The number of fused-ring (bicyclic) bond motifs is 1. The summed E-state index contributed by atoms with van der Waals surface area (Å²) < 4.78 is 0. The van der Waals surface area contributed by atoms with Gasteiger partial charge in [0.15, 0.2) is 0 Å². The fraction of sp³-hybridized carbons (Fsp3) is 0.133. The summed E-state index contributed by atoms with van der Waals surface area (Å²) in [4.78, 5) is 21.3. The van der Waals surface area contributed by atoms with Crippen LogP contribution >= 0.6 is 11.3 Å². The van der Waals surface area contributed by atoms with Gasteiger partial charge in [-0.3, -0.25) is 4.79 Å². The molecule has 0 radical (unpaired) electrons. The molecular weight excluding hydrogens is 286 g/mol. The van der Waals surface area contributed by atoms with Crippen molar-refractivity contribution >= 4 is 39.0 Å². The summed E-state index contributed by atoms with van der Waals surface area (Å²) in [6.45, 7) is 2.04. The van der Waals surface area contributed by atoms with Gasteiger partial charge in [-0.2, -0.15) is 0 Å². The van der Waals surface area contributed by atoms with Crippen molar-refractivity contribution in [2.45, 2.75) is 13.3 Å². The van der Waals surface area contributed by atoms with Crippen molar-refractivity contribution in [2.75, 3.05) is 5.32 Å². The van der Waals surface area contributed by atoms with Gasteiger partial charge in [-0.25, -0.2) is 9.97 Å². The van der Waals surface area contributed by atoms with Gasteiger partial charge in [0.05, 0.1) is 11.8 Å². The Balaban J connectivity index is 1.86. The number of nitrogens with zero attached hydrogens (tertiary/aromatic N) is 2. The van der Waals surface area contributed by atoms with E-state index in [0.717, 1.165) is 27.3 Å². The number of aliphatic carboxylic acids is 1. The van der Waals surface area contributed by atoms with Crippen molar-refractivity contribution in [1.82, 2.24) is 9.97 Å². The Hall–Kier alpha value is -2.47. The van der Waals surface area contributed by atoms with Crippen molar-refractivity contribution in [3.8, 4) is 0 Å². The highest BCUT2D eigenvalue weighted by atomic mass is 32.1. The minimum absolute atomic E-state index is 0.0295. The third kappa shape index (κ3) is 3.00. The lowest BCUT2D eigenvalue weighted by molar-refractivity contribution is -0.136. The summed E-state index contributed by atoms with van der Waals surface area (Å²) in [5, 5.41) is 13.0. The van der Waals surface area contributed by atoms with E-state index in [4.69, 9.17) is 5.11 Å². The van der Waals surface area contributed by atoms with Gasteiger partial charge in [0.2, 0.25) is 0 Å². The van der Waals surface area contributed by atoms with Crippen LogP contribution in [-0.4, -0.2) is 21.0 Å². The van der Waals surface area contributed by atoms with Crippen LogP contribution in [0.25, 0.3) is 10.2 Å². The number of thiophene rings is 1. The van der Waals surface area contributed by atoms with E-state index in [1.807, 2.05) is 19.1 Å². The molecule has 0 atom stereocenters. The molecule has 106 valence electrons. The van der Waals surface area contributed by atoms with Gasteiger partial charge in [0, 0.05) is 10.6 Å². The predicted octanol–water partition coefficient (Wildman–Crippen LogP) is 3.37. The first-order valence-corrected chi connectivity index (χ1v) is 7.22. The van der Waals surface area contributed by atoms with Crippen LogP contribution < -0.4 is 5.32 Å². The molecule has 0 fully saturated rings. The maximum absolute atomic E-state index is 10.7. The third-order valence-electron chi connectivity index (χ3n) is 3.02. The minimum atomic E-state index is -0.832. The van der Waals surface area contributed by atoms with Gasteiger partial charge in [-0.05, 0) is 30.7 Å². The zero-order chi connectivity index (χ0) is 14.8. The number of hydrogen-bond donors (Lipinski definition) is 2. The topological polar surface area (TPSA) is 75.1 Å². The number of aryl methyl sites for hydroxylation is 1. The van der Waals surface area contributed by atoms with E-state index in [9.17, 15) is 4.79 Å². The maximum Gasteiger partial charge on any atom is 0.307 e. The SMILES string of the molecule is Cc1cc2c(Nc3ccc(CC(=O)O)cc3)ncnc2s1. The Morgan fingerprint density at radius 3 is 2.76 bits per heavy atom. The second-order valence-electron chi connectivity index (χ2n) is 4.69. The fourth-order valence-electron chi connectivity index (χ4n) is 2.09. The lowest BCUT2D eigenvalue weighted by Gasteiger charge is -2.07. The average Bonchev–Trinajstić information content (AvgIpc) is 2.82. The molecule has 0 aliphatic heterocycles. The first kappa shape index (κ1) is 13.5. The Labute approximate surface area is 125 Å². The third-order valence-corrected chi connectivity index (χ3v) is 3.98. The van der Waals surface area contributed by atoms with Crippen LogP contribution in [0, 0.1) is 6.92 Å². The minimum Gasteiger partial charge on any atom is -0.481 e. The molecule has 3 rings (SSSR count). The number of anilines is 2. The number of rotatable bonds is 4. The number of nitrogens with one attached hydrogen (secondary N) is 1. The summed E-state index contributed by atoms with van der Waals surface area (Å²) in [5.74, 6) is -0.0719. The van der Waals surface area contributed by atoms with E-state index < -0.39 is 5.97 Å². The van der Waals surface area contributed by atoms with Gasteiger partial charge in [-0.1, -0.05) is 12.1 Å². The quantitative estimate of drug-likeness (QED) is 0.772. The van der Waals surface area contributed by atoms with Crippen LogP contribution in [0.5, 0.6) is 0 Å². The zero-order valence-corrected chi connectivity index (χ0v) is 12.1. The molecule has 2 N–H and O–H groups in total. The number of carboxylic acid groups (broad SMARTS) is 1. The molecule has 0 spiro atoms. The molecule has 1 aromatic carbocycles. The molecule has 0 bridgehead atoms.